The predicted molar refractivity (Wildman–Crippen MR) is 154 cm³/mol. The highest BCUT2D eigenvalue weighted by Gasteiger charge is 2.24. The van der Waals surface area contributed by atoms with Crippen LogP contribution in [0.25, 0.3) is 5.57 Å². The first-order valence-corrected chi connectivity index (χ1v) is 13.5. The Bertz CT molecular complexity index is 1180. The first-order chi connectivity index (χ1) is 18.5. The van der Waals surface area contributed by atoms with Crippen molar-refractivity contribution >= 4 is 11.9 Å². The highest BCUT2D eigenvalue weighted by atomic mass is 16.5. The molecule has 5 heteroatoms. The van der Waals surface area contributed by atoms with Crippen LogP contribution in [0.4, 0.5) is 0 Å². The van der Waals surface area contributed by atoms with Crippen molar-refractivity contribution in [1.82, 2.24) is 4.90 Å². The molecule has 0 amide bonds. The highest BCUT2D eigenvalue weighted by Crippen LogP contribution is 2.26. The molecule has 1 saturated heterocycles. The average Bonchev–Trinajstić information content (AvgIpc) is 3.33. The third-order valence-electron chi connectivity index (χ3n) is 6.98. The van der Waals surface area contributed by atoms with Gasteiger partial charge in [0.2, 0.25) is 0 Å². The SMILES string of the molecule is C=C(OC)/C(CN1CCCCC[C@H]1C=O)=C(\C=C(/C)OCc1cccc(C2=CC=CC=C=C2)c1C)OCC. The number of hydrogen-bond acceptors (Lipinski definition) is 5. The second-order valence-electron chi connectivity index (χ2n) is 9.54. The van der Waals surface area contributed by atoms with Crippen molar-refractivity contribution in [3.05, 3.63) is 107 Å². The van der Waals surface area contributed by atoms with Gasteiger partial charge in [-0.05, 0) is 74.6 Å². The molecule has 1 heterocycles. The minimum atomic E-state index is -0.110. The van der Waals surface area contributed by atoms with Gasteiger partial charge in [-0.15, -0.1) is 5.73 Å². The molecule has 3 rings (SSSR count). The molecule has 1 fully saturated rings. The van der Waals surface area contributed by atoms with Gasteiger partial charge in [-0.3, -0.25) is 4.90 Å². The van der Waals surface area contributed by atoms with Crippen LogP contribution in [0.5, 0.6) is 0 Å². The lowest BCUT2D eigenvalue weighted by Crippen LogP contribution is -2.38. The summed E-state index contributed by atoms with van der Waals surface area (Å²) in [5.41, 5.74) is 8.59. The number of aldehydes is 1. The van der Waals surface area contributed by atoms with E-state index >= 15 is 0 Å². The quantitative estimate of drug-likeness (QED) is 0.130. The summed E-state index contributed by atoms with van der Waals surface area (Å²) in [7, 11) is 1.61. The number of allylic oxidation sites excluding steroid dienone is 7. The van der Waals surface area contributed by atoms with E-state index in [1.54, 1.807) is 7.11 Å². The summed E-state index contributed by atoms with van der Waals surface area (Å²) in [6.45, 7) is 12.4. The predicted octanol–water partition coefficient (Wildman–Crippen LogP) is 6.97. The van der Waals surface area contributed by atoms with Crippen LogP contribution in [0, 0.1) is 6.92 Å². The van der Waals surface area contributed by atoms with E-state index in [4.69, 9.17) is 14.2 Å². The molecule has 1 aromatic carbocycles. The molecule has 1 aliphatic heterocycles. The molecule has 0 aromatic heterocycles. The van der Waals surface area contributed by atoms with Gasteiger partial charge in [0.1, 0.15) is 24.4 Å². The standard InChI is InChI=1S/C33H41NO4/c1-6-37-33(32(27(4)36-5)22-34-20-13-9-12-18-30(34)23-35)21-25(2)38-24-29-17-14-19-31(26(29)3)28-15-10-7-8-11-16-28/h7-8,10,14-17,19,21,23,30H,4,6,9,12-13,18,20,22,24H2,1-3,5H3/b25-21+,33-32+/t30-/m0/s1. The van der Waals surface area contributed by atoms with Gasteiger partial charge in [0.15, 0.2) is 0 Å². The van der Waals surface area contributed by atoms with Gasteiger partial charge in [0, 0.05) is 18.2 Å². The topological polar surface area (TPSA) is 48.0 Å². The zero-order chi connectivity index (χ0) is 27.3. The Morgan fingerprint density at radius 1 is 1.21 bits per heavy atom. The van der Waals surface area contributed by atoms with Gasteiger partial charge in [-0.25, -0.2) is 0 Å². The number of carbonyl (C=O) groups excluding carboxylic acids is 1. The molecule has 0 spiro atoms. The zero-order valence-electron chi connectivity index (χ0n) is 23.3. The Kier molecular flexibility index (Phi) is 11.5. The van der Waals surface area contributed by atoms with Crippen molar-refractivity contribution in [2.24, 2.45) is 0 Å². The van der Waals surface area contributed by atoms with Crippen LogP contribution >= 0.6 is 0 Å². The fraction of sp³-hybridized carbons (Fsp3) is 0.394. The second kappa shape index (κ2) is 15.0. The van der Waals surface area contributed by atoms with Crippen molar-refractivity contribution in [2.75, 3.05) is 26.8 Å². The maximum absolute atomic E-state index is 11.8. The van der Waals surface area contributed by atoms with Crippen LogP contribution in [0.2, 0.25) is 0 Å². The monoisotopic (exact) mass is 515 g/mol. The molecule has 0 radical (unpaired) electrons. The number of hydrogen-bond donors (Lipinski definition) is 0. The average molecular weight is 516 g/mol. The van der Waals surface area contributed by atoms with E-state index in [9.17, 15) is 4.79 Å². The molecule has 0 bridgehead atoms. The molecule has 1 aromatic rings. The van der Waals surface area contributed by atoms with Crippen molar-refractivity contribution in [3.8, 4) is 0 Å². The van der Waals surface area contributed by atoms with Gasteiger partial charge < -0.3 is 19.0 Å². The van der Waals surface area contributed by atoms with E-state index < -0.39 is 0 Å². The van der Waals surface area contributed by atoms with E-state index in [1.165, 1.54) is 5.56 Å². The number of methoxy groups -OCH3 is 1. The Morgan fingerprint density at radius 3 is 2.82 bits per heavy atom. The van der Waals surface area contributed by atoms with Crippen molar-refractivity contribution in [3.63, 3.8) is 0 Å². The van der Waals surface area contributed by atoms with Crippen LogP contribution in [-0.2, 0) is 25.6 Å². The molecule has 1 aliphatic carbocycles. The van der Waals surface area contributed by atoms with Crippen LogP contribution in [0.3, 0.4) is 0 Å². The lowest BCUT2D eigenvalue weighted by atomic mass is 9.96. The minimum Gasteiger partial charge on any atom is -0.497 e. The maximum atomic E-state index is 11.8. The molecule has 0 unspecified atom stereocenters. The molecule has 0 saturated carbocycles. The second-order valence-corrected chi connectivity index (χ2v) is 9.54. The summed E-state index contributed by atoms with van der Waals surface area (Å²) in [6, 6.07) is 6.17. The van der Waals surface area contributed by atoms with Crippen molar-refractivity contribution < 1.29 is 19.0 Å². The Balaban J connectivity index is 1.84. The smallest absolute Gasteiger partial charge is 0.137 e. The van der Waals surface area contributed by atoms with Crippen LogP contribution < -0.4 is 0 Å². The summed E-state index contributed by atoms with van der Waals surface area (Å²) < 4.78 is 17.8. The van der Waals surface area contributed by atoms with Crippen LogP contribution in [-0.4, -0.2) is 44.0 Å². The normalized spacial score (nSPS) is 18.7. The summed E-state index contributed by atoms with van der Waals surface area (Å²) in [5.74, 6) is 1.91. The van der Waals surface area contributed by atoms with E-state index in [-0.39, 0.29) is 6.04 Å². The fourth-order valence-electron chi connectivity index (χ4n) is 4.74. The summed E-state index contributed by atoms with van der Waals surface area (Å²) >= 11 is 0. The summed E-state index contributed by atoms with van der Waals surface area (Å²) in [4.78, 5) is 14.0. The molecule has 2 aliphatic rings. The number of rotatable bonds is 12. The van der Waals surface area contributed by atoms with Crippen LogP contribution in [0.1, 0.15) is 56.2 Å². The lowest BCUT2D eigenvalue weighted by Gasteiger charge is -2.28. The molecular weight excluding hydrogens is 474 g/mol. The first kappa shape index (κ1) is 29.0. The first-order valence-electron chi connectivity index (χ1n) is 13.5. The molecular formula is C33H41NO4. The van der Waals surface area contributed by atoms with Crippen LogP contribution in [0.15, 0.2) is 89.8 Å². The van der Waals surface area contributed by atoms with E-state index in [0.29, 0.717) is 31.3 Å². The van der Waals surface area contributed by atoms with E-state index in [0.717, 1.165) is 66.5 Å². The van der Waals surface area contributed by atoms with Gasteiger partial charge in [-0.1, -0.05) is 55.8 Å². The number of benzene rings is 1. The molecule has 0 N–H and O–H groups in total. The molecule has 38 heavy (non-hydrogen) atoms. The van der Waals surface area contributed by atoms with Gasteiger partial charge in [0.05, 0.1) is 25.5 Å². The number of carbonyl (C=O) groups is 1. The third-order valence-corrected chi connectivity index (χ3v) is 6.98. The van der Waals surface area contributed by atoms with Gasteiger partial charge in [-0.2, -0.15) is 0 Å². The van der Waals surface area contributed by atoms with Crippen molar-refractivity contribution in [1.29, 1.82) is 0 Å². The summed E-state index contributed by atoms with van der Waals surface area (Å²) in [6.07, 6.45) is 17.1. The van der Waals surface area contributed by atoms with E-state index in [2.05, 4.69) is 48.4 Å². The maximum Gasteiger partial charge on any atom is 0.137 e. The zero-order valence-corrected chi connectivity index (χ0v) is 23.3. The van der Waals surface area contributed by atoms with Gasteiger partial charge >= 0.3 is 0 Å². The fourth-order valence-corrected chi connectivity index (χ4v) is 4.74. The molecule has 1 atom stereocenters. The van der Waals surface area contributed by atoms with Crippen molar-refractivity contribution in [2.45, 2.75) is 59.1 Å². The summed E-state index contributed by atoms with van der Waals surface area (Å²) in [5, 5.41) is 0. The Labute approximate surface area is 228 Å². The Hall–Kier alpha value is -3.53. The number of likely N-dealkylation sites (tertiary alicyclic amines) is 1. The molecule has 202 valence electrons. The number of ether oxygens (including phenoxy) is 3. The Morgan fingerprint density at radius 2 is 2.05 bits per heavy atom. The largest absolute Gasteiger partial charge is 0.497 e. The number of nitrogens with zero attached hydrogens (tertiary/aromatic N) is 1. The highest BCUT2D eigenvalue weighted by molar-refractivity contribution is 5.78. The third kappa shape index (κ3) is 7.98. The lowest BCUT2D eigenvalue weighted by molar-refractivity contribution is -0.112. The minimum absolute atomic E-state index is 0.110. The molecule has 5 nitrogen and oxygen atoms in total. The van der Waals surface area contributed by atoms with Gasteiger partial charge in [0.25, 0.3) is 0 Å². The van der Waals surface area contributed by atoms with E-state index in [1.807, 2.05) is 44.2 Å².